The zero-order valence-corrected chi connectivity index (χ0v) is 13.2. The molecule has 5 heteroatoms. The van der Waals surface area contributed by atoms with Gasteiger partial charge < -0.3 is 15.2 Å². The maximum Gasteiger partial charge on any atom is 0.227 e. The van der Waals surface area contributed by atoms with Crippen LogP contribution in [0.15, 0.2) is 42.7 Å². The minimum atomic E-state index is -0.0348. The summed E-state index contributed by atoms with van der Waals surface area (Å²) in [5.74, 6) is 0.196. The third-order valence-corrected chi connectivity index (χ3v) is 3.99. The number of amides is 2. The molecule has 3 rings (SSSR count). The lowest BCUT2D eigenvalue weighted by Gasteiger charge is -2.12. The average molecular weight is 311 g/mol. The number of aryl methyl sites for hydroxylation is 2. The molecule has 1 aromatic heterocycles. The maximum absolute atomic E-state index is 12.1. The fourth-order valence-electron chi connectivity index (χ4n) is 2.39. The van der Waals surface area contributed by atoms with Crippen LogP contribution in [-0.4, -0.2) is 16.4 Å². The number of hydrogen-bond acceptors (Lipinski definition) is 2. The van der Waals surface area contributed by atoms with Crippen LogP contribution in [0.3, 0.4) is 0 Å². The van der Waals surface area contributed by atoms with Gasteiger partial charge in [0.2, 0.25) is 11.8 Å². The predicted molar refractivity (Wildman–Crippen MR) is 90.2 cm³/mol. The Hall–Kier alpha value is -2.56. The van der Waals surface area contributed by atoms with Crippen molar-refractivity contribution in [2.75, 3.05) is 10.6 Å². The van der Waals surface area contributed by atoms with E-state index in [2.05, 4.69) is 10.6 Å². The van der Waals surface area contributed by atoms with Crippen LogP contribution in [0.5, 0.6) is 0 Å². The molecule has 5 nitrogen and oxygen atoms in total. The first-order chi connectivity index (χ1) is 11.1. The van der Waals surface area contributed by atoms with Gasteiger partial charge in [-0.3, -0.25) is 9.59 Å². The van der Waals surface area contributed by atoms with Gasteiger partial charge in [0.1, 0.15) is 0 Å². The Morgan fingerprint density at radius 1 is 1.17 bits per heavy atom. The second kappa shape index (κ2) is 6.69. The highest BCUT2D eigenvalue weighted by atomic mass is 16.2. The molecular weight excluding hydrogens is 290 g/mol. The first-order valence-electron chi connectivity index (χ1n) is 7.94. The molecule has 2 aromatic rings. The Bertz CT molecular complexity index is 703. The molecule has 1 saturated carbocycles. The SMILES string of the molecule is Cc1ccc(NC(=O)C2CC2)cc1NC(=O)CCn1cccc1. The summed E-state index contributed by atoms with van der Waals surface area (Å²) in [5, 5.41) is 5.83. The number of benzene rings is 1. The minimum Gasteiger partial charge on any atom is -0.354 e. The minimum absolute atomic E-state index is 0.0348. The van der Waals surface area contributed by atoms with Crippen molar-refractivity contribution in [3.05, 3.63) is 48.3 Å². The Morgan fingerprint density at radius 2 is 1.91 bits per heavy atom. The van der Waals surface area contributed by atoms with Crippen LogP contribution >= 0.6 is 0 Å². The summed E-state index contributed by atoms with van der Waals surface area (Å²) < 4.78 is 1.97. The smallest absolute Gasteiger partial charge is 0.227 e. The van der Waals surface area contributed by atoms with Crippen LogP contribution in [0.4, 0.5) is 11.4 Å². The summed E-state index contributed by atoms with van der Waals surface area (Å²) in [7, 11) is 0. The van der Waals surface area contributed by atoms with Gasteiger partial charge in [-0.05, 0) is 49.6 Å². The Balaban J connectivity index is 1.59. The maximum atomic E-state index is 12.1. The average Bonchev–Trinajstić information content (AvgIpc) is 3.25. The zero-order valence-electron chi connectivity index (χ0n) is 13.2. The molecule has 1 fully saturated rings. The molecule has 1 aromatic carbocycles. The van der Waals surface area contributed by atoms with Gasteiger partial charge in [0, 0.05) is 42.7 Å². The van der Waals surface area contributed by atoms with E-state index in [1.165, 1.54) is 0 Å². The number of anilines is 2. The highest BCUT2D eigenvalue weighted by molar-refractivity contribution is 5.96. The molecule has 0 atom stereocenters. The number of carbonyl (C=O) groups excluding carboxylic acids is 2. The van der Waals surface area contributed by atoms with E-state index in [1.807, 2.05) is 54.2 Å². The zero-order chi connectivity index (χ0) is 16.2. The predicted octanol–water partition coefficient (Wildman–Crippen LogP) is 3.17. The topological polar surface area (TPSA) is 63.1 Å². The lowest BCUT2D eigenvalue weighted by atomic mass is 10.1. The summed E-state index contributed by atoms with van der Waals surface area (Å²) in [6.07, 6.45) is 6.23. The van der Waals surface area contributed by atoms with Crippen molar-refractivity contribution in [1.29, 1.82) is 0 Å². The van der Waals surface area contributed by atoms with E-state index in [9.17, 15) is 9.59 Å². The first kappa shape index (κ1) is 15.3. The van der Waals surface area contributed by atoms with Crippen molar-refractivity contribution in [3.63, 3.8) is 0 Å². The normalized spacial score (nSPS) is 13.6. The molecule has 0 spiro atoms. The van der Waals surface area contributed by atoms with Crippen molar-refractivity contribution in [2.24, 2.45) is 5.92 Å². The largest absolute Gasteiger partial charge is 0.354 e. The monoisotopic (exact) mass is 311 g/mol. The molecule has 23 heavy (non-hydrogen) atoms. The van der Waals surface area contributed by atoms with Gasteiger partial charge in [0.15, 0.2) is 0 Å². The molecule has 2 amide bonds. The molecule has 0 unspecified atom stereocenters. The summed E-state index contributed by atoms with van der Waals surface area (Å²) in [4.78, 5) is 23.9. The van der Waals surface area contributed by atoms with E-state index in [1.54, 1.807) is 0 Å². The van der Waals surface area contributed by atoms with Crippen molar-refractivity contribution < 1.29 is 9.59 Å². The third kappa shape index (κ3) is 4.22. The van der Waals surface area contributed by atoms with E-state index in [0.717, 1.165) is 29.8 Å². The fourth-order valence-corrected chi connectivity index (χ4v) is 2.39. The highest BCUT2D eigenvalue weighted by Crippen LogP contribution is 2.30. The second-order valence-corrected chi connectivity index (χ2v) is 6.01. The number of nitrogens with one attached hydrogen (secondary N) is 2. The Labute approximate surface area is 135 Å². The molecule has 0 radical (unpaired) electrons. The molecule has 0 bridgehead atoms. The summed E-state index contributed by atoms with van der Waals surface area (Å²) in [5.41, 5.74) is 2.45. The number of carbonyl (C=O) groups is 2. The van der Waals surface area contributed by atoms with Crippen molar-refractivity contribution >= 4 is 23.2 Å². The van der Waals surface area contributed by atoms with Gasteiger partial charge in [-0.25, -0.2) is 0 Å². The van der Waals surface area contributed by atoms with E-state index >= 15 is 0 Å². The number of aromatic nitrogens is 1. The van der Waals surface area contributed by atoms with Crippen LogP contribution in [0.25, 0.3) is 0 Å². The molecule has 1 aliphatic rings. The van der Waals surface area contributed by atoms with Gasteiger partial charge in [-0.1, -0.05) is 6.07 Å². The van der Waals surface area contributed by atoms with E-state index in [4.69, 9.17) is 0 Å². The number of nitrogens with zero attached hydrogens (tertiary/aromatic N) is 1. The lowest BCUT2D eigenvalue weighted by molar-refractivity contribution is -0.117. The molecule has 1 aliphatic carbocycles. The number of hydrogen-bond donors (Lipinski definition) is 2. The van der Waals surface area contributed by atoms with Crippen LogP contribution in [0, 0.1) is 12.8 Å². The number of rotatable bonds is 6. The van der Waals surface area contributed by atoms with Gasteiger partial charge >= 0.3 is 0 Å². The Morgan fingerprint density at radius 3 is 2.61 bits per heavy atom. The standard InChI is InChI=1S/C18H21N3O2/c1-13-4-7-15(19-18(23)14-5-6-14)12-16(13)20-17(22)8-11-21-9-2-3-10-21/h2-4,7,9-10,12,14H,5-6,8,11H2,1H3,(H,19,23)(H,20,22). The fraction of sp³-hybridized carbons (Fsp3) is 0.333. The van der Waals surface area contributed by atoms with Gasteiger partial charge in [-0.15, -0.1) is 0 Å². The van der Waals surface area contributed by atoms with Crippen LogP contribution in [0.1, 0.15) is 24.8 Å². The van der Waals surface area contributed by atoms with Gasteiger partial charge in [0.25, 0.3) is 0 Å². The molecule has 120 valence electrons. The Kier molecular flexibility index (Phi) is 4.46. The summed E-state index contributed by atoms with van der Waals surface area (Å²) in [6.45, 7) is 2.59. The second-order valence-electron chi connectivity index (χ2n) is 6.01. The molecule has 0 saturated heterocycles. The molecule has 2 N–H and O–H groups in total. The molecule has 1 heterocycles. The van der Waals surface area contributed by atoms with E-state index in [0.29, 0.717) is 13.0 Å². The van der Waals surface area contributed by atoms with E-state index in [-0.39, 0.29) is 17.7 Å². The lowest BCUT2D eigenvalue weighted by Crippen LogP contribution is -2.16. The third-order valence-electron chi connectivity index (χ3n) is 3.99. The van der Waals surface area contributed by atoms with Gasteiger partial charge in [-0.2, -0.15) is 0 Å². The summed E-state index contributed by atoms with van der Waals surface area (Å²) in [6, 6.07) is 9.47. The molecular formula is C18H21N3O2. The summed E-state index contributed by atoms with van der Waals surface area (Å²) >= 11 is 0. The molecule has 0 aliphatic heterocycles. The van der Waals surface area contributed by atoms with Crippen molar-refractivity contribution in [3.8, 4) is 0 Å². The first-order valence-corrected chi connectivity index (χ1v) is 7.94. The van der Waals surface area contributed by atoms with Crippen LogP contribution in [-0.2, 0) is 16.1 Å². The van der Waals surface area contributed by atoms with Gasteiger partial charge in [0.05, 0.1) is 0 Å². The van der Waals surface area contributed by atoms with Crippen LogP contribution < -0.4 is 10.6 Å². The van der Waals surface area contributed by atoms with E-state index < -0.39 is 0 Å². The quantitative estimate of drug-likeness (QED) is 0.860. The van der Waals surface area contributed by atoms with Crippen molar-refractivity contribution in [1.82, 2.24) is 4.57 Å². The van der Waals surface area contributed by atoms with Crippen LogP contribution in [0.2, 0.25) is 0 Å². The van der Waals surface area contributed by atoms with Crippen molar-refractivity contribution in [2.45, 2.75) is 32.7 Å². The highest BCUT2D eigenvalue weighted by Gasteiger charge is 2.29.